The van der Waals surface area contributed by atoms with E-state index >= 15 is 0 Å². The van der Waals surface area contributed by atoms with E-state index in [0.29, 0.717) is 0 Å². The van der Waals surface area contributed by atoms with Gasteiger partial charge in [-0.3, -0.25) is 9.88 Å². The van der Waals surface area contributed by atoms with Gasteiger partial charge in [-0.15, -0.1) is 0 Å². The summed E-state index contributed by atoms with van der Waals surface area (Å²) < 4.78 is 1.89. The number of nitrogens with one attached hydrogen (secondary N) is 1. The van der Waals surface area contributed by atoms with Crippen LogP contribution in [0.5, 0.6) is 0 Å². The Kier molecular flexibility index (Phi) is 4.03. The van der Waals surface area contributed by atoms with Crippen molar-refractivity contribution in [2.24, 2.45) is 0 Å². The molecule has 0 fully saturated rings. The van der Waals surface area contributed by atoms with E-state index in [9.17, 15) is 0 Å². The van der Waals surface area contributed by atoms with Crippen LogP contribution in [0, 0.1) is 0 Å². The fourth-order valence-electron chi connectivity index (χ4n) is 3.85. The van der Waals surface area contributed by atoms with Gasteiger partial charge in [0.25, 0.3) is 0 Å². The van der Waals surface area contributed by atoms with E-state index in [4.69, 9.17) is 0 Å². The van der Waals surface area contributed by atoms with Gasteiger partial charge < -0.3 is 4.98 Å². The normalized spacial score (nSPS) is 17.0. The molecule has 1 atom stereocenters. The maximum atomic E-state index is 4.66. The van der Waals surface area contributed by atoms with Crippen LogP contribution in [0.4, 0.5) is 0 Å². The van der Waals surface area contributed by atoms with Gasteiger partial charge in [0.2, 0.25) is 0 Å². The molecule has 1 aromatic carbocycles. The van der Waals surface area contributed by atoms with Crippen LogP contribution in [0.1, 0.15) is 28.6 Å². The van der Waals surface area contributed by atoms with Crippen molar-refractivity contribution in [1.29, 1.82) is 0 Å². The highest BCUT2D eigenvalue weighted by Crippen LogP contribution is 2.35. The highest BCUT2D eigenvalue weighted by atomic mass is 15.3. The van der Waals surface area contributed by atoms with E-state index in [0.717, 1.165) is 30.9 Å². The number of imidazole rings is 1. The highest BCUT2D eigenvalue weighted by Gasteiger charge is 2.31. The third kappa shape index (κ3) is 3.04. The Morgan fingerprint density at radius 1 is 1.11 bits per heavy atom. The van der Waals surface area contributed by atoms with Crippen LogP contribution in [0.25, 0.3) is 5.69 Å². The lowest BCUT2D eigenvalue weighted by Crippen LogP contribution is -2.35. The number of hydrogen-bond donors (Lipinski definition) is 1. The number of rotatable bonds is 4. The molecule has 0 bridgehead atoms. The number of aromatic amines is 1. The van der Waals surface area contributed by atoms with Crippen LogP contribution < -0.4 is 0 Å². The standard InChI is InChI=1S/C21H20N6/c1-5-17(12-18(6-1)27-10-3-9-25-27)21-20-19(23-15-24-20)7-11-26(21)14-16-4-2-8-22-13-16/h1-6,8-10,12-13,15,21H,7,11,14H2,(H,23,24)/t21-/m1/s1. The van der Waals surface area contributed by atoms with E-state index in [1.807, 2.05) is 41.7 Å². The van der Waals surface area contributed by atoms with Gasteiger partial charge in [-0.1, -0.05) is 18.2 Å². The summed E-state index contributed by atoms with van der Waals surface area (Å²) in [6.45, 7) is 1.82. The lowest BCUT2D eigenvalue weighted by molar-refractivity contribution is 0.200. The molecule has 0 saturated heterocycles. The van der Waals surface area contributed by atoms with Gasteiger partial charge in [-0.25, -0.2) is 9.67 Å². The van der Waals surface area contributed by atoms with E-state index in [2.05, 4.69) is 55.3 Å². The lowest BCUT2D eigenvalue weighted by atomic mass is 9.95. The van der Waals surface area contributed by atoms with Gasteiger partial charge in [-0.2, -0.15) is 5.10 Å². The monoisotopic (exact) mass is 356 g/mol. The topological polar surface area (TPSA) is 62.6 Å². The molecule has 134 valence electrons. The van der Waals surface area contributed by atoms with Crippen molar-refractivity contribution in [3.8, 4) is 5.69 Å². The quantitative estimate of drug-likeness (QED) is 0.610. The van der Waals surface area contributed by atoms with Crippen molar-refractivity contribution in [2.75, 3.05) is 6.54 Å². The molecule has 5 rings (SSSR count). The number of pyridine rings is 1. The smallest absolute Gasteiger partial charge is 0.0926 e. The fourth-order valence-corrected chi connectivity index (χ4v) is 3.85. The van der Waals surface area contributed by atoms with Gasteiger partial charge in [0.1, 0.15) is 0 Å². The molecular weight excluding hydrogens is 336 g/mol. The number of fused-ring (bicyclic) bond motifs is 1. The first kappa shape index (κ1) is 16.0. The summed E-state index contributed by atoms with van der Waals surface area (Å²) in [5.41, 5.74) is 5.83. The predicted molar refractivity (Wildman–Crippen MR) is 102 cm³/mol. The van der Waals surface area contributed by atoms with Gasteiger partial charge in [-0.05, 0) is 35.4 Å². The Labute approximate surface area is 157 Å². The van der Waals surface area contributed by atoms with Gasteiger partial charge in [0, 0.05) is 50.0 Å². The van der Waals surface area contributed by atoms with E-state index in [1.165, 1.54) is 16.8 Å². The summed E-state index contributed by atoms with van der Waals surface area (Å²) in [7, 11) is 0. The van der Waals surface area contributed by atoms with Crippen LogP contribution in [0.2, 0.25) is 0 Å². The van der Waals surface area contributed by atoms with Gasteiger partial charge >= 0.3 is 0 Å². The zero-order chi connectivity index (χ0) is 18.1. The lowest BCUT2D eigenvalue weighted by Gasteiger charge is -2.35. The maximum absolute atomic E-state index is 4.66. The summed E-state index contributed by atoms with van der Waals surface area (Å²) in [6, 6.07) is 14.7. The van der Waals surface area contributed by atoms with Crippen molar-refractivity contribution in [2.45, 2.75) is 19.0 Å². The van der Waals surface area contributed by atoms with Crippen LogP contribution in [-0.4, -0.2) is 36.2 Å². The second-order valence-electron chi connectivity index (χ2n) is 6.80. The molecule has 1 N–H and O–H groups in total. The number of H-pyrrole nitrogens is 1. The van der Waals surface area contributed by atoms with Crippen molar-refractivity contribution in [1.82, 2.24) is 29.6 Å². The minimum absolute atomic E-state index is 0.107. The van der Waals surface area contributed by atoms with Crippen molar-refractivity contribution < 1.29 is 0 Å². The fraction of sp³-hybridized carbons (Fsp3) is 0.190. The second kappa shape index (κ2) is 6.81. The van der Waals surface area contributed by atoms with Crippen molar-refractivity contribution in [3.05, 3.63) is 96.1 Å². The van der Waals surface area contributed by atoms with Crippen LogP contribution in [0.15, 0.2) is 73.6 Å². The van der Waals surface area contributed by atoms with Crippen molar-refractivity contribution >= 4 is 0 Å². The average Bonchev–Trinajstić information content (AvgIpc) is 3.41. The molecule has 0 spiro atoms. The third-order valence-corrected chi connectivity index (χ3v) is 5.09. The highest BCUT2D eigenvalue weighted by molar-refractivity contribution is 5.41. The molecule has 27 heavy (non-hydrogen) atoms. The minimum atomic E-state index is 0.107. The maximum Gasteiger partial charge on any atom is 0.0926 e. The van der Waals surface area contributed by atoms with Gasteiger partial charge in [0.05, 0.1) is 23.8 Å². The molecule has 6 nitrogen and oxygen atoms in total. The minimum Gasteiger partial charge on any atom is -0.348 e. The SMILES string of the molecule is c1cncc(CN2CCc3[nH]cnc3[C@H]2c2cccc(-n3cccn3)c2)c1. The summed E-state index contributed by atoms with van der Waals surface area (Å²) in [5, 5.41) is 4.37. The third-order valence-electron chi connectivity index (χ3n) is 5.09. The van der Waals surface area contributed by atoms with Gasteiger partial charge in [0.15, 0.2) is 0 Å². The first-order valence-electron chi connectivity index (χ1n) is 9.13. The zero-order valence-electron chi connectivity index (χ0n) is 14.9. The molecule has 0 saturated carbocycles. The molecule has 4 aromatic rings. The number of nitrogens with zero attached hydrogens (tertiary/aromatic N) is 5. The van der Waals surface area contributed by atoms with Crippen LogP contribution >= 0.6 is 0 Å². The zero-order valence-corrected chi connectivity index (χ0v) is 14.9. The molecule has 6 heteroatoms. The summed E-state index contributed by atoms with van der Waals surface area (Å²) in [4.78, 5) is 14.7. The number of hydrogen-bond acceptors (Lipinski definition) is 4. The Hall–Kier alpha value is -3.25. The Bertz CT molecular complexity index is 1020. The predicted octanol–water partition coefficient (Wildman–Crippen LogP) is 3.14. The first-order valence-corrected chi connectivity index (χ1v) is 9.13. The second-order valence-corrected chi connectivity index (χ2v) is 6.80. The van der Waals surface area contributed by atoms with E-state index in [-0.39, 0.29) is 6.04 Å². The van der Waals surface area contributed by atoms with Crippen LogP contribution in [0.3, 0.4) is 0 Å². The summed E-state index contributed by atoms with van der Waals surface area (Å²) in [6.07, 6.45) is 10.3. The molecule has 0 amide bonds. The molecule has 0 unspecified atom stereocenters. The van der Waals surface area contributed by atoms with E-state index in [1.54, 1.807) is 6.20 Å². The molecule has 0 aliphatic carbocycles. The molecule has 1 aliphatic heterocycles. The Morgan fingerprint density at radius 3 is 2.96 bits per heavy atom. The molecular formula is C21H20N6. The Morgan fingerprint density at radius 2 is 2.11 bits per heavy atom. The van der Waals surface area contributed by atoms with E-state index < -0.39 is 0 Å². The average molecular weight is 356 g/mol. The Balaban J connectivity index is 1.55. The molecule has 0 radical (unpaired) electrons. The largest absolute Gasteiger partial charge is 0.348 e. The molecule has 3 aromatic heterocycles. The molecule has 1 aliphatic rings. The van der Waals surface area contributed by atoms with Crippen molar-refractivity contribution in [3.63, 3.8) is 0 Å². The number of benzene rings is 1. The van der Waals surface area contributed by atoms with Crippen LogP contribution in [-0.2, 0) is 13.0 Å². The summed E-state index contributed by atoms with van der Waals surface area (Å²) in [5.74, 6) is 0. The molecule has 4 heterocycles. The number of aromatic nitrogens is 5. The summed E-state index contributed by atoms with van der Waals surface area (Å²) >= 11 is 0. The first-order chi connectivity index (χ1) is 13.4.